The topological polar surface area (TPSA) is 4.93 Å². The third-order valence-electron chi connectivity index (χ3n) is 3.48. The molecule has 100 valence electrons. The zero-order valence-electron chi connectivity index (χ0n) is 11.3. The summed E-state index contributed by atoms with van der Waals surface area (Å²) in [5, 5.41) is 2.74. The maximum atomic E-state index is 3.56. The minimum absolute atomic E-state index is 1.36. The van der Waals surface area contributed by atoms with Crippen LogP contribution >= 0.6 is 5.51 Å². The normalized spacial score (nSPS) is 11.4. The maximum absolute atomic E-state index is 3.56. The number of aryl methyl sites for hydroxylation is 1. The zero-order chi connectivity index (χ0) is 14.0. The van der Waals surface area contributed by atoms with Gasteiger partial charge < -0.3 is 0 Å². The van der Waals surface area contributed by atoms with Crippen LogP contribution < -0.4 is 16.0 Å². The Bertz CT molecular complexity index is 703. The number of hydrogen-bond donors (Lipinski definition) is 0. The van der Waals surface area contributed by atoms with Gasteiger partial charge >= 0.3 is 127 Å². The summed E-state index contributed by atoms with van der Waals surface area (Å²) in [4.78, 5) is 0. The summed E-state index contributed by atoms with van der Waals surface area (Å²) in [6, 6.07) is 25.9. The van der Waals surface area contributed by atoms with E-state index in [-0.39, 0.29) is 0 Å². The average molecular weight is 344 g/mol. The second-order valence-corrected chi connectivity index (χ2v) is 10.9. The minimum atomic E-state index is -1.68. The molecule has 0 amide bonds. The number of benzene rings is 2. The van der Waals surface area contributed by atoms with E-state index in [4.69, 9.17) is 0 Å². The van der Waals surface area contributed by atoms with E-state index in [0.29, 0.717) is 0 Å². The van der Waals surface area contributed by atoms with E-state index in [1.54, 1.807) is 0 Å². The monoisotopic (exact) mass is 345 g/mol. The first kappa shape index (κ1) is 13.6. The first-order valence-electron chi connectivity index (χ1n) is 6.56. The van der Waals surface area contributed by atoms with Crippen LogP contribution in [0.25, 0.3) is 0 Å². The van der Waals surface area contributed by atoms with Gasteiger partial charge in [0.2, 0.25) is 0 Å². The van der Waals surface area contributed by atoms with Crippen LogP contribution in [0.15, 0.2) is 79.0 Å². The number of hydrogen-bond acceptors (Lipinski definition) is 0. The second kappa shape index (κ2) is 5.58. The van der Waals surface area contributed by atoms with Gasteiger partial charge in [-0.15, -0.1) is 0 Å². The molecule has 3 heteroatoms. The molecule has 0 radical (unpaired) electrons. The van der Waals surface area contributed by atoms with Crippen molar-refractivity contribution in [2.24, 2.45) is 7.05 Å². The summed E-state index contributed by atoms with van der Waals surface area (Å²) >= 11 is 3.56. The molecular formula is C17H16NPSe. The van der Waals surface area contributed by atoms with Crippen molar-refractivity contribution >= 4 is 36.7 Å². The molecule has 1 nitrogen and oxygen atoms in total. The molecule has 0 saturated carbocycles. The van der Waals surface area contributed by atoms with Crippen LogP contribution in [0.2, 0.25) is 0 Å². The SMILES string of the molecule is Cn1cccc1P(=[Se])(c1ccccc1)c1ccccc1. The summed E-state index contributed by atoms with van der Waals surface area (Å²) in [6.45, 7) is 0. The van der Waals surface area contributed by atoms with E-state index in [0.717, 1.165) is 0 Å². The molecule has 0 aliphatic carbocycles. The summed E-state index contributed by atoms with van der Waals surface area (Å²) in [7, 11) is 2.12. The van der Waals surface area contributed by atoms with Gasteiger partial charge in [0.15, 0.2) is 0 Å². The van der Waals surface area contributed by atoms with E-state index in [2.05, 4.69) is 106 Å². The third kappa shape index (κ3) is 2.25. The number of aromatic nitrogens is 1. The summed E-state index contributed by atoms with van der Waals surface area (Å²) in [5.74, 6) is 0. The fraction of sp³-hybridized carbons (Fsp3) is 0.0588. The predicted molar refractivity (Wildman–Crippen MR) is 89.9 cm³/mol. The molecule has 0 atom stereocenters. The molecule has 0 aliphatic heterocycles. The van der Waals surface area contributed by atoms with Gasteiger partial charge in [0.25, 0.3) is 0 Å². The van der Waals surface area contributed by atoms with E-state index in [1.807, 2.05) is 0 Å². The van der Waals surface area contributed by atoms with Gasteiger partial charge in [0.1, 0.15) is 0 Å². The molecule has 0 unspecified atom stereocenters. The van der Waals surface area contributed by atoms with Crippen molar-refractivity contribution in [2.45, 2.75) is 0 Å². The Kier molecular flexibility index (Phi) is 3.80. The zero-order valence-corrected chi connectivity index (χ0v) is 13.9. The molecule has 0 aliphatic rings. The third-order valence-corrected chi connectivity index (χ3v) is 10.5. The van der Waals surface area contributed by atoms with Gasteiger partial charge in [-0.2, -0.15) is 0 Å². The van der Waals surface area contributed by atoms with Crippen LogP contribution in [-0.2, 0) is 7.05 Å². The Morgan fingerprint density at radius 2 is 1.25 bits per heavy atom. The molecule has 1 heterocycles. The Balaban J connectivity index is 2.30. The van der Waals surface area contributed by atoms with Crippen LogP contribution in [0.4, 0.5) is 0 Å². The quantitative estimate of drug-likeness (QED) is 0.508. The molecule has 1 aromatic heterocycles. The van der Waals surface area contributed by atoms with E-state index >= 15 is 0 Å². The molecule has 20 heavy (non-hydrogen) atoms. The van der Waals surface area contributed by atoms with E-state index < -0.39 is 5.51 Å². The first-order valence-corrected chi connectivity index (χ1v) is 10.6. The van der Waals surface area contributed by atoms with Crippen LogP contribution in [-0.4, -0.2) is 19.7 Å². The standard InChI is InChI=1S/C17H16NPSe/c1-18-14-8-13-17(18)19(20,15-9-4-2-5-10-15)16-11-6-3-7-12-16/h2-14H,1H3. The molecular weight excluding hydrogens is 328 g/mol. The van der Waals surface area contributed by atoms with E-state index in [9.17, 15) is 0 Å². The van der Waals surface area contributed by atoms with Crippen molar-refractivity contribution in [3.63, 3.8) is 0 Å². The van der Waals surface area contributed by atoms with Crippen LogP contribution in [0, 0.1) is 0 Å². The Hall–Kier alpha value is -1.33. The Labute approximate surface area is 127 Å². The number of nitrogens with zero attached hydrogens (tertiary/aromatic N) is 1. The molecule has 0 spiro atoms. The molecule has 3 aromatic rings. The molecule has 0 N–H and O–H groups in total. The molecule has 0 bridgehead atoms. The van der Waals surface area contributed by atoms with Crippen LogP contribution in [0.1, 0.15) is 0 Å². The first-order chi connectivity index (χ1) is 9.73. The Morgan fingerprint density at radius 3 is 1.65 bits per heavy atom. The van der Waals surface area contributed by atoms with Gasteiger partial charge in [-0.1, -0.05) is 0 Å². The molecule has 0 saturated heterocycles. The van der Waals surface area contributed by atoms with Crippen LogP contribution in [0.5, 0.6) is 0 Å². The van der Waals surface area contributed by atoms with E-state index in [1.165, 1.54) is 16.0 Å². The fourth-order valence-electron chi connectivity index (χ4n) is 2.47. The van der Waals surface area contributed by atoms with Crippen molar-refractivity contribution in [1.82, 2.24) is 4.57 Å². The van der Waals surface area contributed by atoms with Crippen molar-refractivity contribution in [2.75, 3.05) is 0 Å². The Morgan fingerprint density at radius 1 is 0.750 bits per heavy atom. The van der Waals surface area contributed by atoms with Crippen molar-refractivity contribution in [1.29, 1.82) is 0 Å². The van der Waals surface area contributed by atoms with Crippen molar-refractivity contribution in [3.8, 4) is 0 Å². The van der Waals surface area contributed by atoms with Gasteiger partial charge in [-0.25, -0.2) is 0 Å². The summed E-state index contributed by atoms with van der Waals surface area (Å²) in [5.41, 5.74) is -0.322. The van der Waals surface area contributed by atoms with Crippen molar-refractivity contribution in [3.05, 3.63) is 79.0 Å². The summed E-state index contributed by atoms with van der Waals surface area (Å²) < 4.78 is 2.23. The van der Waals surface area contributed by atoms with Crippen LogP contribution in [0.3, 0.4) is 0 Å². The van der Waals surface area contributed by atoms with Gasteiger partial charge in [-0.3, -0.25) is 0 Å². The van der Waals surface area contributed by atoms with Gasteiger partial charge in [-0.05, 0) is 0 Å². The summed E-state index contributed by atoms with van der Waals surface area (Å²) in [6.07, 6.45) is 2.12. The van der Waals surface area contributed by atoms with Gasteiger partial charge in [0, 0.05) is 0 Å². The number of rotatable bonds is 3. The second-order valence-electron chi connectivity index (χ2n) is 4.76. The molecule has 2 aromatic carbocycles. The fourth-order valence-corrected chi connectivity index (χ4v) is 8.01. The van der Waals surface area contributed by atoms with Gasteiger partial charge in [0.05, 0.1) is 0 Å². The average Bonchev–Trinajstić information content (AvgIpc) is 2.95. The molecule has 0 fully saturated rings. The predicted octanol–water partition coefficient (Wildman–Crippen LogP) is 2.40. The molecule has 3 rings (SSSR count). The van der Waals surface area contributed by atoms with Crippen molar-refractivity contribution < 1.29 is 0 Å².